The van der Waals surface area contributed by atoms with E-state index in [1.54, 1.807) is 30.2 Å². The Bertz CT molecular complexity index is 607. The number of likely N-dealkylation sites (tertiary alicyclic amines) is 2. The van der Waals surface area contributed by atoms with Crippen molar-refractivity contribution < 1.29 is 14.7 Å². The standard InChI is InChI=1S/C17H26N4O3/c1-14(23)21-11-17(10-16(21,2)12-22)3-6-20(7-4-17)15(24)9-19-8-5-18-13-19/h5,8,13,22H,3-4,6-7,9-12H2,1-2H3/t16-/m1/s1. The van der Waals surface area contributed by atoms with E-state index < -0.39 is 5.54 Å². The van der Waals surface area contributed by atoms with Crippen LogP contribution in [0.1, 0.15) is 33.1 Å². The van der Waals surface area contributed by atoms with E-state index in [1.165, 1.54) is 0 Å². The van der Waals surface area contributed by atoms with Crippen LogP contribution in [-0.4, -0.2) is 68.1 Å². The molecule has 7 nitrogen and oxygen atoms in total. The van der Waals surface area contributed by atoms with Gasteiger partial charge in [-0.25, -0.2) is 4.98 Å². The van der Waals surface area contributed by atoms with Crippen LogP contribution in [0.5, 0.6) is 0 Å². The van der Waals surface area contributed by atoms with Gasteiger partial charge in [-0.2, -0.15) is 0 Å². The first-order chi connectivity index (χ1) is 11.4. The second kappa shape index (κ2) is 6.20. The van der Waals surface area contributed by atoms with Crippen molar-refractivity contribution in [2.24, 2.45) is 5.41 Å². The molecule has 132 valence electrons. The van der Waals surface area contributed by atoms with Crippen LogP contribution in [0.25, 0.3) is 0 Å². The van der Waals surface area contributed by atoms with Crippen molar-refractivity contribution in [1.82, 2.24) is 19.4 Å². The molecule has 24 heavy (non-hydrogen) atoms. The summed E-state index contributed by atoms with van der Waals surface area (Å²) in [5.41, 5.74) is -0.455. The molecule has 0 aliphatic carbocycles. The molecule has 0 unspecified atom stereocenters. The van der Waals surface area contributed by atoms with Crippen LogP contribution >= 0.6 is 0 Å². The van der Waals surface area contributed by atoms with Gasteiger partial charge in [-0.05, 0) is 31.6 Å². The molecule has 1 aromatic rings. The number of hydrogen-bond acceptors (Lipinski definition) is 4. The molecule has 2 aliphatic rings. The molecule has 1 aromatic heterocycles. The molecule has 0 bridgehead atoms. The second-order valence-electron chi connectivity index (χ2n) is 7.55. The van der Waals surface area contributed by atoms with Crippen molar-refractivity contribution in [3.63, 3.8) is 0 Å². The van der Waals surface area contributed by atoms with Crippen molar-refractivity contribution in [3.05, 3.63) is 18.7 Å². The molecule has 2 aliphatic heterocycles. The Morgan fingerprint density at radius 2 is 2.00 bits per heavy atom. The van der Waals surface area contributed by atoms with Gasteiger partial charge in [-0.15, -0.1) is 0 Å². The Kier molecular flexibility index (Phi) is 4.38. The van der Waals surface area contributed by atoms with Gasteiger partial charge in [0, 0.05) is 39.0 Å². The van der Waals surface area contributed by atoms with Gasteiger partial charge in [0.2, 0.25) is 11.8 Å². The fourth-order valence-corrected chi connectivity index (χ4v) is 4.32. The molecule has 0 aromatic carbocycles. The number of piperidine rings is 1. The Balaban J connectivity index is 1.62. The van der Waals surface area contributed by atoms with Crippen molar-refractivity contribution in [2.75, 3.05) is 26.2 Å². The van der Waals surface area contributed by atoms with Crippen molar-refractivity contribution in [1.29, 1.82) is 0 Å². The van der Waals surface area contributed by atoms with E-state index in [4.69, 9.17) is 0 Å². The highest BCUT2D eigenvalue weighted by molar-refractivity contribution is 5.76. The number of rotatable bonds is 3. The predicted octanol–water partition coefficient (Wildman–Crippen LogP) is 0.495. The smallest absolute Gasteiger partial charge is 0.242 e. The molecule has 7 heteroatoms. The highest BCUT2D eigenvalue weighted by atomic mass is 16.3. The number of nitrogens with zero attached hydrogens (tertiary/aromatic N) is 4. The molecule has 2 amide bonds. The summed E-state index contributed by atoms with van der Waals surface area (Å²) in [4.78, 5) is 32.0. The lowest BCUT2D eigenvalue weighted by molar-refractivity contribution is -0.136. The van der Waals surface area contributed by atoms with Crippen molar-refractivity contribution in [2.45, 2.75) is 45.2 Å². The van der Waals surface area contributed by atoms with Crippen LogP contribution < -0.4 is 0 Å². The van der Waals surface area contributed by atoms with E-state index in [0.717, 1.165) is 19.3 Å². The minimum atomic E-state index is -0.477. The fraction of sp³-hybridized carbons (Fsp3) is 0.706. The number of carbonyl (C=O) groups excluding carboxylic acids is 2. The van der Waals surface area contributed by atoms with E-state index in [9.17, 15) is 14.7 Å². The maximum Gasteiger partial charge on any atom is 0.242 e. The quantitative estimate of drug-likeness (QED) is 0.873. The normalized spacial score (nSPS) is 26.1. The number of aliphatic hydroxyl groups is 1. The summed E-state index contributed by atoms with van der Waals surface area (Å²) in [5, 5.41) is 9.78. The zero-order valence-corrected chi connectivity index (χ0v) is 14.4. The summed E-state index contributed by atoms with van der Waals surface area (Å²) in [6.07, 6.45) is 7.67. The lowest BCUT2D eigenvalue weighted by Gasteiger charge is -2.39. The molecule has 3 rings (SSSR count). The van der Waals surface area contributed by atoms with E-state index in [2.05, 4.69) is 4.98 Å². The number of hydrogen-bond donors (Lipinski definition) is 1. The highest BCUT2D eigenvalue weighted by Gasteiger charge is 2.52. The topological polar surface area (TPSA) is 78.7 Å². The summed E-state index contributed by atoms with van der Waals surface area (Å²) in [7, 11) is 0. The first-order valence-electron chi connectivity index (χ1n) is 8.50. The number of amides is 2. The maximum atomic E-state index is 12.4. The average molecular weight is 334 g/mol. The monoisotopic (exact) mass is 334 g/mol. The maximum absolute atomic E-state index is 12.4. The van der Waals surface area contributed by atoms with E-state index in [-0.39, 0.29) is 23.8 Å². The third-order valence-corrected chi connectivity index (χ3v) is 5.68. The van der Waals surface area contributed by atoms with Gasteiger partial charge in [0.15, 0.2) is 0 Å². The first-order valence-corrected chi connectivity index (χ1v) is 8.50. The molecule has 1 N–H and O–H groups in total. The molecule has 0 radical (unpaired) electrons. The van der Waals surface area contributed by atoms with Gasteiger partial charge in [-0.3, -0.25) is 9.59 Å². The summed E-state index contributed by atoms with van der Waals surface area (Å²) >= 11 is 0. The lowest BCUT2D eigenvalue weighted by atomic mass is 9.74. The van der Waals surface area contributed by atoms with E-state index in [1.807, 2.05) is 16.7 Å². The third kappa shape index (κ3) is 3.05. The Hall–Kier alpha value is -1.89. The fourth-order valence-electron chi connectivity index (χ4n) is 4.32. The van der Waals surface area contributed by atoms with Crippen LogP contribution in [0.4, 0.5) is 0 Å². The predicted molar refractivity (Wildman–Crippen MR) is 88.0 cm³/mol. The van der Waals surface area contributed by atoms with Crippen LogP contribution in [0.15, 0.2) is 18.7 Å². The van der Waals surface area contributed by atoms with Crippen LogP contribution in [0.2, 0.25) is 0 Å². The summed E-state index contributed by atoms with van der Waals surface area (Å²) in [6.45, 7) is 5.93. The van der Waals surface area contributed by atoms with Gasteiger partial charge in [-0.1, -0.05) is 0 Å². The van der Waals surface area contributed by atoms with Crippen LogP contribution in [-0.2, 0) is 16.1 Å². The van der Waals surface area contributed by atoms with E-state index in [0.29, 0.717) is 26.2 Å². The molecule has 3 heterocycles. The number of carbonyl (C=O) groups is 2. The third-order valence-electron chi connectivity index (χ3n) is 5.68. The lowest BCUT2D eigenvalue weighted by Crippen LogP contribution is -2.46. The van der Waals surface area contributed by atoms with Crippen molar-refractivity contribution >= 4 is 11.8 Å². The Labute approximate surface area is 142 Å². The minimum Gasteiger partial charge on any atom is -0.394 e. The largest absolute Gasteiger partial charge is 0.394 e. The zero-order chi connectivity index (χ0) is 17.4. The van der Waals surface area contributed by atoms with E-state index >= 15 is 0 Å². The van der Waals surface area contributed by atoms with Gasteiger partial charge in [0.1, 0.15) is 6.54 Å². The summed E-state index contributed by atoms with van der Waals surface area (Å²) < 4.78 is 1.78. The molecule has 2 fully saturated rings. The summed E-state index contributed by atoms with van der Waals surface area (Å²) in [6, 6.07) is 0. The van der Waals surface area contributed by atoms with Gasteiger partial charge < -0.3 is 19.5 Å². The second-order valence-corrected chi connectivity index (χ2v) is 7.55. The average Bonchev–Trinajstić information content (AvgIpc) is 3.15. The minimum absolute atomic E-state index is 0.0158. The molecular formula is C17H26N4O3. The van der Waals surface area contributed by atoms with Crippen molar-refractivity contribution in [3.8, 4) is 0 Å². The zero-order valence-electron chi connectivity index (χ0n) is 14.4. The SMILES string of the molecule is CC(=O)N1CC2(CCN(C(=O)Cn3ccnc3)CC2)C[C@]1(C)CO. The van der Waals surface area contributed by atoms with Gasteiger partial charge >= 0.3 is 0 Å². The summed E-state index contributed by atoms with van der Waals surface area (Å²) in [5.74, 6) is 0.122. The Morgan fingerprint density at radius 1 is 1.29 bits per heavy atom. The number of imidazole rings is 1. The van der Waals surface area contributed by atoms with Gasteiger partial charge in [0.25, 0.3) is 0 Å². The van der Waals surface area contributed by atoms with Gasteiger partial charge in [0.05, 0.1) is 18.5 Å². The highest BCUT2D eigenvalue weighted by Crippen LogP contribution is 2.47. The number of aliphatic hydroxyl groups excluding tert-OH is 1. The molecule has 1 atom stereocenters. The molecule has 0 saturated carbocycles. The first kappa shape index (κ1) is 17.0. The Morgan fingerprint density at radius 3 is 2.50 bits per heavy atom. The van der Waals surface area contributed by atoms with Crippen LogP contribution in [0.3, 0.4) is 0 Å². The number of aromatic nitrogens is 2. The molecular weight excluding hydrogens is 308 g/mol. The molecule has 2 saturated heterocycles. The molecule has 1 spiro atoms. The van der Waals surface area contributed by atoms with Crippen LogP contribution in [0, 0.1) is 5.41 Å².